The molecule has 5 heteroatoms. The van der Waals surface area contributed by atoms with Gasteiger partial charge in [0.25, 0.3) is 0 Å². The first-order valence-corrected chi connectivity index (χ1v) is 6.73. The van der Waals surface area contributed by atoms with E-state index in [1.165, 1.54) is 0 Å². The number of hydrogen-bond acceptors (Lipinski definition) is 2. The maximum Gasteiger partial charge on any atom is 0.123 e. The predicted octanol–water partition coefficient (Wildman–Crippen LogP) is 4.71. The van der Waals surface area contributed by atoms with Gasteiger partial charge in [-0.3, -0.25) is 0 Å². The van der Waals surface area contributed by atoms with Crippen LogP contribution in [0.25, 0.3) is 0 Å². The SMILES string of the molecule is COc1ccccc1CNCc1c(Cl)cccc1Cl.Cl. The van der Waals surface area contributed by atoms with Crippen LogP contribution in [-0.2, 0) is 13.1 Å². The molecular weight excluding hydrogens is 317 g/mol. The van der Waals surface area contributed by atoms with E-state index in [0.29, 0.717) is 23.1 Å². The molecule has 0 amide bonds. The fraction of sp³-hybridized carbons (Fsp3) is 0.200. The molecular formula is C15H16Cl3NO. The Morgan fingerprint density at radius 2 is 1.60 bits per heavy atom. The molecule has 20 heavy (non-hydrogen) atoms. The number of hydrogen-bond donors (Lipinski definition) is 1. The predicted molar refractivity (Wildman–Crippen MR) is 87.2 cm³/mol. The molecule has 1 N–H and O–H groups in total. The number of para-hydroxylation sites is 1. The number of halogens is 3. The smallest absolute Gasteiger partial charge is 0.123 e. The van der Waals surface area contributed by atoms with Crippen molar-refractivity contribution in [3.05, 3.63) is 63.6 Å². The summed E-state index contributed by atoms with van der Waals surface area (Å²) in [6.45, 7) is 1.32. The summed E-state index contributed by atoms with van der Waals surface area (Å²) in [4.78, 5) is 0. The Hall–Kier alpha value is -0.930. The highest BCUT2D eigenvalue weighted by Crippen LogP contribution is 2.24. The molecule has 2 nitrogen and oxygen atoms in total. The van der Waals surface area contributed by atoms with Crippen molar-refractivity contribution < 1.29 is 4.74 Å². The zero-order valence-corrected chi connectivity index (χ0v) is 13.4. The van der Waals surface area contributed by atoms with Crippen LogP contribution in [0.15, 0.2) is 42.5 Å². The minimum atomic E-state index is 0. The maximum absolute atomic E-state index is 6.12. The van der Waals surface area contributed by atoms with Crippen molar-refractivity contribution in [2.45, 2.75) is 13.1 Å². The molecule has 0 aromatic heterocycles. The number of methoxy groups -OCH3 is 1. The van der Waals surface area contributed by atoms with Crippen molar-refractivity contribution >= 4 is 35.6 Å². The molecule has 0 unspecified atom stereocenters. The van der Waals surface area contributed by atoms with Crippen LogP contribution in [0.1, 0.15) is 11.1 Å². The Balaban J connectivity index is 0.00000200. The minimum Gasteiger partial charge on any atom is -0.496 e. The van der Waals surface area contributed by atoms with E-state index < -0.39 is 0 Å². The standard InChI is InChI=1S/C15H15Cl2NO.ClH/c1-19-15-8-3-2-5-11(15)9-18-10-12-13(16)6-4-7-14(12)17;/h2-8,18H,9-10H2,1H3;1H. The second-order valence-corrected chi connectivity index (χ2v) is 4.93. The summed E-state index contributed by atoms with van der Waals surface area (Å²) in [5.41, 5.74) is 2.02. The van der Waals surface area contributed by atoms with Gasteiger partial charge in [0.05, 0.1) is 7.11 Å². The van der Waals surface area contributed by atoms with Crippen molar-refractivity contribution in [1.29, 1.82) is 0 Å². The van der Waals surface area contributed by atoms with E-state index in [9.17, 15) is 0 Å². The molecule has 0 heterocycles. The molecule has 0 atom stereocenters. The van der Waals surface area contributed by atoms with Gasteiger partial charge in [0.1, 0.15) is 5.75 Å². The highest BCUT2D eigenvalue weighted by atomic mass is 35.5. The van der Waals surface area contributed by atoms with Gasteiger partial charge in [0.2, 0.25) is 0 Å². The summed E-state index contributed by atoms with van der Waals surface area (Å²) in [7, 11) is 1.67. The van der Waals surface area contributed by atoms with Crippen LogP contribution in [0, 0.1) is 0 Å². The van der Waals surface area contributed by atoms with Crippen LogP contribution in [0.3, 0.4) is 0 Å². The minimum absolute atomic E-state index is 0. The third-order valence-electron chi connectivity index (χ3n) is 2.87. The Labute approximate surface area is 135 Å². The molecule has 0 aliphatic rings. The Kier molecular flexibility index (Phi) is 7.17. The summed E-state index contributed by atoms with van der Waals surface area (Å²) in [5.74, 6) is 0.875. The molecule has 0 saturated heterocycles. The first-order valence-electron chi connectivity index (χ1n) is 5.98. The summed E-state index contributed by atoms with van der Waals surface area (Å²) < 4.78 is 5.30. The lowest BCUT2D eigenvalue weighted by Crippen LogP contribution is -2.14. The van der Waals surface area contributed by atoms with E-state index in [2.05, 4.69) is 5.32 Å². The summed E-state index contributed by atoms with van der Waals surface area (Å²) in [5, 5.41) is 4.69. The van der Waals surface area contributed by atoms with Crippen molar-refractivity contribution in [2.24, 2.45) is 0 Å². The molecule has 2 aromatic rings. The first kappa shape index (κ1) is 17.1. The molecule has 2 aromatic carbocycles. The van der Waals surface area contributed by atoms with Crippen LogP contribution in [0.2, 0.25) is 10.0 Å². The van der Waals surface area contributed by atoms with E-state index in [4.69, 9.17) is 27.9 Å². The van der Waals surface area contributed by atoms with Gasteiger partial charge in [-0.2, -0.15) is 0 Å². The second-order valence-electron chi connectivity index (χ2n) is 4.12. The summed E-state index contributed by atoms with van der Waals surface area (Å²) in [6, 6.07) is 13.4. The van der Waals surface area contributed by atoms with Crippen molar-refractivity contribution in [3.63, 3.8) is 0 Å². The second kappa shape index (κ2) is 8.38. The van der Waals surface area contributed by atoms with Gasteiger partial charge in [-0.05, 0) is 18.2 Å². The first-order chi connectivity index (χ1) is 9.22. The fourth-order valence-corrected chi connectivity index (χ4v) is 2.40. The average Bonchev–Trinajstić information content (AvgIpc) is 2.42. The fourth-order valence-electron chi connectivity index (χ4n) is 1.87. The quantitative estimate of drug-likeness (QED) is 0.856. The average molecular weight is 333 g/mol. The van der Waals surface area contributed by atoms with E-state index >= 15 is 0 Å². The van der Waals surface area contributed by atoms with Gasteiger partial charge in [-0.25, -0.2) is 0 Å². The Morgan fingerprint density at radius 1 is 0.950 bits per heavy atom. The third-order valence-corrected chi connectivity index (χ3v) is 3.58. The van der Waals surface area contributed by atoms with Crippen molar-refractivity contribution in [3.8, 4) is 5.75 Å². The molecule has 2 rings (SSSR count). The van der Waals surface area contributed by atoms with E-state index in [-0.39, 0.29) is 12.4 Å². The largest absolute Gasteiger partial charge is 0.496 e. The zero-order valence-electron chi connectivity index (χ0n) is 11.0. The number of ether oxygens (including phenoxy) is 1. The maximum atomic E-state index is 6.12. The van der Waals surface area contributed by atoms with Gasteiger partial charge in [0.15, 0.2) is 0 Å². The molecule has 0 fully saturated rings. The molecule has 0 saturated carbocycles. The van der Waals surface area contributed by atoms with E-state index in [1.807, 2.05) is 42.5 Å². The Bertz CT molecular complexity index is 540. The van der Waals surface area contributed by atoms with Gasteiger partial charge in [-0.15, -0.1) is 12.4 Å². The van der Waals surface area contributed by atoms with Gasteiger partial charge < -0.3 is 10.1 Å². The normalized spacial score (nSPS) is 9.95. The van der Waals surface area contributed by atoms with Crippen LogP contribution < -0.4 is 10.1 Å². The molecule has 0 aliphatic carbocycles. The summed E-state index contributed by atoms with van der Waals surface area (Å²) in [6.07, 6.45) is 0. The zero-order chi connectivity index (χ0) is 13.7. The molecule has 0 radical (unpaired) electrons. The molecule has 108 valence electrons. The molecule has 0 bridgehead atoms. The van der Waals surface area contributed by atoms with Gasteiger partial charge in [0, 0.05) is 34.3 Å². The highest BCUT2D eigenvalue weighted by molar-refractivity contribution is 6.35. The molecule has 0 spiro atoms. The van der Waals surface area contributed by atoms with E-state index in [1.54, 1.807) is 7.11 Å². The van der Waals surface area contributed by atoms with Crippen LogP contribution in [0.5, 0.6) is 5.75 Å². The van der Waals surface area contributed by atoms with E-state index in [0.717, 1.165) is 16.9 Å². The van der Waals surface area contributed by atoms with Crippen molar-refractivity contribution in [1.82, 2.24) is 5.32 Å². The molecule has 0 aliphatic heterocycles. The third kappa shape index (κ3) is 4.29. The number of nitrogens with one attached hydrogen (secondary N) is 1. The van der Waals surface area contributed by atoms with Crippen LogP contribution in [0.4, 0.5) is 0 Å². The Morgan fingerprint density at radius 3 is 2.25 bits per heavy atom. The number of rotatable bonds is 5. The lowest BCUT2D eigenvalue weighted by molar-refractivity contribution is 0.407. The number of benzene rings is 2. The topological polar surface area (TPSA) is 21.3 Å². The lowest BCUT2D eigenvalue weighted by Gasteiger charge is -2.11. The van der Waals surface area contributed by atoms with Crippen molar-refractivity contribution in [2.75, 3.05) is 7.11 Å². The lowest BCUT2D eigenvalue weighted by atomic mass is 10.2. The van der Waals surface area contributed by atoms with Crippen LogP contribution in [-0.4, -0.2) is 7.11 Å². The van der Waals surface area contributed by atoms with Gasteiger partial charge in [-0.1, -0.05) is 47.5 Å². The van der Waals surface area contributed by atoms with Gasteiger partial charge >= 0.3 is 0 Å². The summed E-state index contributed by atoms with van der Waals surface area (Å²) >= 11 is 12.2. The van der Waals surface area contributed by atoms with Crippen LogP contribution >= 0.6 is 35.6 Å². The highest BCUT2D eigenvalue weighted by Gasteiger charge is 2.06. The monoisotopic (exact) mass is 331 g/mol.